The topological polar surface area (TPSA) is 3.24 Å². The summed E-state index contributed by atoms with van der Waals surface area (Å²) in [7, 11) is 0. The molecule has 1 atom stereocenters. The fourth-order valence-electron chi connectivity index (χ4n) is 4.14. The van der Waals surface area contributed by atoms with E-state index in [1.165, 1.54) is 47.2 Å². The summed E-state index contributed by atoms with van der Waals surface area (Å²) in [5.74, 6) is 0.548. The maximum atomic E-state index is 13.0. The summed E-state index contributed by atoms with van der Waals surface area (Å²) in [6.45, 7) is 12.8. The third-order valence-electron chi connectivity index (χ3n) is 6.18. The Balaban J connectivity index is 0.000000196. The van der Waals surface area contributed by atoms with E-state index in [2.05, 4.69) is 87.7 Å². The lowest BCUT2D eigenvalue weighted by Gasteiger charge is -2.45. The maximum Gasteiger partial charge on any atom is 0.123 e. The molecule has 0 saturated carbocycles. The number of rotatable bonds is 5. The lowest BCUT2D eigenvalue weighted by atomic mass is 9.90. The van der Waals surface area contributed by atoms with Gasteiger partial charge in [0.25, 0.3) is 0 Å². The normalized spacial score (nSPS) is 15.4. The molecule has 1 unspecified atom stereocenters. The molecule has 0 aromatic heterocycles. The van der Waals surface area contributed by atoms with Gasteiger partial charge in [0.2, 0.25) is 0 Å². The van der Waals surface area contributed by atoms with E-state index in [1.807, 2.05) is 0 Å². The second-order valence-corrected chi connectivity index (χ2v) is 8.47. The van der Waals surface area contributed by atoms with Crippen molar-refractivity contribution in [3.63, 3.8) is 0 Å². The van der Waals surface area contributed by atoms with Gasteiger partial charge in [0.15, 0.2) is 0 Å². The molecular weight excluding hydrogens is 381 g/mol. The van der Waals surface area contributed by atoms with Gasteiger partial charge >= 0.3 is 0 Å². The number of nitrogens with zero attached hydrogens (tertiary/aromatic N) is 1. The predicted molar refractivity (Wildman–Crippen MR) is 131 cm³/mol. The van der Waals surface area contributed by atoms with Gasteiger partial charge in [-0.2, -0.15) is 0 Å². The SMILES string of the molecule is C=C1CC(c2ccc(C)cc2)N1c1ccc(F)cc1.CCC(CC)c1ccc(C)cc1. The highest BCUT2D eigenvalue weighted by molar-refractivity contribution is 5.59. The average Bonchev–Trinajstić information content (AvgIpc) is 2.77. The van der Waals surface area contributed by atoms with E-state index in [0.29, 0.717) is 6.04 Å². The van der Waals surface area contributed by atoms with Crippen LogP contribution in [0, 0.1) is 19.7 Å². The van der Waals surface area contributed by atoms with Gasteiger partial charge in [0.05, 0.1) is 6.04 Å². The molecule has 2 heteroatoms. The zero-order valence-electron chi connectivity index (χ0n) is 19.2. The van der Waals surface area contributed by atoms with Crippen molar-refractivity contribution in [2.45, 2.75) is 58.9 Å². The zero-order valence-corrected chi connectivity index (χ0v) is 19.2. The summed E-state index contributed by atoms with van der Waals surface area (Å²) in [5, 5.41) is 0. The van der Waals surface area contributed by atoms with Crippen molar-refractivity contribution in [2.75, 3.05) is 4.90 Å². The largest absolute Gasteiger partial charge is 0.338 e. The highest BCUT2D eigenvalue weighted by atomic mass is 19.1. The van der Waals surface area contributed by atoms with E-state index in [-0.39, 0.29) is 5.82 Å². The van der Waals surface area contributed by atoms with E-state index in [9.17, 15) is 4.39 Å². The van der Waals surface area contributed by atoms with Gasteiger partial charge in [-0.1, -0.05) is 80.1 Å². The molecule has 1 aliphatic heterocycles. The maximum absolute atomic E-state index is 13.0. The first-order valence-electron chi connectivity index (χ1n) is 11.3. The van der Waals surface area contributed by atoms with Gasteiger partial charge in [-0.05, 0) is 68.0 Å². The van der Waals surface area contributed by atoms with Crippen LogP contribution in [0.3, 0.4) is 0 Å². The van der Waals surface area contributed by atoms with Gasteiger partial charge in [-0.25, -0.2) is 4.39 Å². The van der Waals surface area contributed by atoms with Gasteiger partial charge < -0.3 is 4.90 Å². The lowest BCUT2D eigenvalue weighted by Crippen LogP contribution is -2.38. The zero-order chi connectivity index (χ0) is 22.4. The van der Waals surface area contributed by atoms with Crippen molar-refractivity contribution in [1.29, 1.82) is 0 Å². The molecule has 0 amide bonds. The van der Waals surface area contributed by atoms with Gasteiger partial charge in [0, 0.05) is 17.8 Å². The van der Waals surface area contributed by atoms with Crippen molar-refractivity contribution in [1.82, 2.24) is 0 Å². The summed E-state index contributed by atoms with van der Waals surface area (Å²) in [6.07, 6.45) is 3.46. The number of benzene rings is 3. The van der Waals surface area contributed by atoms with Crippen LogP contribution in [-0.4, -0.2) is 0 Å². The van der Waals surface area contributed by atoms with Gasteiger partial charge in [-0.15, -0.1) is 0 Å². The van der Waals surface area contributed by atoms with E-state index in [4.69, 9.17) is 0 Å². The minimum atomic E-state index is -0.207. The smallest absolute Gasteiger partial charge is 0.123 e. The highest BCUT2D eigenvalue weighted by Gasteiger charge is 2.33. The van der Waals surface area contributed by atoms with E-state index in [1.54, 1.807) is 12.1 Å². The van der Waals surface area contributed by atoms with Crippen LogP contribution in [-0.2, 0) is 0 Å². The molecule has 0 spiro atoms. The summed E-state index contributed by atoms with van der Waals surface area (Å²) >= 11 is 0. The van der Waals surface area contributed by atoms with Gasteiger partial charge in [-0.3, -0.25) is 0 Å². The van der Waals surface area contributed by atoms with Gasteiger partial charge in [0.1, 0.15) is 5.82 Å². The fraction of sp³-hybridized carbons (Fsp3) is 0.310. The molecule has 4 rings (SSSR count). The second kappa shape index (κ2) is 10.4. The van der Waals surface area contributed by atoms with Crippen LogP contribution in [0.15, 0.2) is 85.1 Å². The molecule has 162 valence electrons. The number of anilines is 1. The first-order chi connectivity index (χ1) is 14.9. The molecule has 1 aliphatic rings. The molecule has 0 radical (unpaired) electrons. The van der Waals surface area contributed by atoms with Crippen LogP contribution in [0.1, 0.15) is 67.3 Å². The number of hydrogen-bond donors (Lipinski definition) is 0. The number of halogens is 1. The van der Waals surface area contributed by atoms with Crippen LogP contribution in [0.4, 0.5) is 10.1 Å². The van der Waals surface area contributed by atoms with Crippen molar-refractivity contribution < 1.29 is 4.39 Å². The lowest BCUT2D eigenvalue weighted by molar-refractivity contribution is 0.547. The van der Waals surface area contributed by atoms with Crippen LogP contribution in [0.25, 0.3) is 0 Å². The molecule has 3 aromatic rings. The third-order valence-corrected chi connectivity index (χ3v) is 6.18. The molecule has 31 heavy (non-hydrogen) atoms. The summed E-state index contributed by atoms with van der Waals surface area (Å²) < 4.78 is 13.0. The second-order valence-electron chi connectivity index (χ2n) is 8.47. The van der Waals surface area contributed by atoms with Crippen molar-refractivity contribution in [3.05, 3.63) is 113 Å². The van der Waals surface area contributed by atoms with E-state index >= 15 is 0 Å². The Kier molecular flexibility index (Phi) is 7.68. The molecule has 1 fully saturated rings. The Morgan fingerprint density at radius 1 is 0.839 bits per heavy atom. The standard InChI is InChI=1S/C17H16FN.C12H18/c1-12-3-5-14(6-4-12)17-11-13(2)19(17)16-9-7-15(18)8-10-16;1-4-11(5-2)12-8-6-10(3)7-9-12/h3-10,17H,2,11H2,1H3;6-9,11H,4-5H2,1-3H3. The minimum Gasteiger partial charge on any atom is -0.338 e. The third kappa shape index (κ3) is 5.64. The van der Waals surface area contributed by atoms with E-state index < -0.39 is 0 Å². The number of hydrogen-bond acceptors (Lipinski definition) is 1. The molecule has 1 heterocycles. The minimum absolute atomic E-state index is 0.207. The first kappa shape index (κ1) is 22.8. The van der Waals surface area contributed by atoms with Crippen molar-refractivity contribution in [3.8, 4) is 0 Å². The highest BCUT2D eigenvalue weighted by Crippen LogP contribution is 2.44. The summed E-state index contributed by atoms with van der Waals surface area (Å²) in [5.41, 5.74) is 7.47. The Morgan fingerprint density at radius 2 is 1.35 bits per heavy atom. The Labute approximate surface area is 187 Å². The average molecular weight is 416 g/mol. The molecular formula is C29H34FN. The quantitative estimate of drug-likeness (QED) is 0.404. The van der Waals surface area contributed by atoms with E-state index in [0.717, 1.165) is 23.7 Å². The van der Waals surface area contributed by atoms with Crippen molar-refractivity contribution in [2.24, 2.45) is 0 Å². The number of aryl methyl sites for hydroxylation is 2. The molecule has 0 aliphatic carbocycles. The first-order valence-corrected chi connectivity index (χ1v) is 11.3. The van der Waals surface area contributed by atoms with Crippen LogP contribution >= 0.6 is 0 Å². The Hall–Kier alpha value is -2.87. The predicted octanol–water partition coefficient (Wildman–Crippen LogP) is 8.50. The molecule has 3 aromatic carbocycles. The Bertz CT molecular complexity index is 967. The van der Waals surface area contributed by atoms with Crippen LogP contribution < -0.4 is 4.90 Å². The Morgan fingerprint density at radius 3 is 1.84 bits per heavy atom. The molecule has 1 saturated heterocycles. The van der Waals surface area contributed by atoms with Crippen LogP contribution in [0.5, 0.6) is 0 Å². The van der Waals surface area contributed by atoms with Crippen molar-refractivity contribution >= 4 is 5.69 Å². The summed E-state index contributed by atoms with van der Waals surface area (Å²) in [4.78, 5) is 2.17. The summed E-state index contributed by atoms with van der Waals surface area (Å²) in [6, 6.07) is 24.4. The monoisotopic (exact) mass is 415 g/mol. The fourth-order valence-corrected chi connectivity index (χ4v) is 4.14. The van der Waals surface area contributed by atoms with Crippen LogP contribution in [0.2, 0.25) is 0 Å². The molecule has 1 nitrogen and oxygen atoms in total. The molecule has 0 N–H and O–H groups in total. The molecule has 0 bridgehead atoms.